The monoisotopic (exact) mass is 570 g/mol. The number of hydrogen-bond acceptors (Lipinski definition) is 7. The van der Waals surface area contributed by atoms with Crippen molar-refractivity contribution in [1.82, 2.24) is 25.1 Å². The first-order chi connectivity index (χ1) is 19.6. The highest BCUT2D eigenvalue weighted by Crippen LogP contribution is 2.40. The van der Waals surface area contributed by atoms with Crippen molar-refractivity contribution in [1.29, 1.82) is 0 Å². The molecule has 0 unspecified atom stereocenters. The minimum Gasteiger partial charge on any atom is -0.439 e. The third kappa shape index (κ3) is 6.11. The summed E-state index contributed by atoms with van der Waals surface area (Å²) in [5, 5.41) is 12.2. The smallest absolute Gasteiger partial charge is 0.255 e. The number of carbonyl (C=O) groups excluding carboxylic acids is 1. The summed E-state index contributed by atoms with van der Waals surface area (Å²) in [7, 11) is 0. The molecule has 3 aromatic heterocycles. The predicted molar refractivity (Wildman–Crippen MR) is 157 cm³/mol. The van der Waals surface area contributed by atoms with Gasteiger partial charge in [0, 0.05) is 22.4 Å². The Morgan fingerprint density at radius 2 is 1.93 bits per heavy atom. The molecule has 8 nitrogen and oxygen atoms in total. The first-order valence-corrected chi connectivity index (χ1v) is 14.6. The number of benzene rings is 2. The average molecular weight is 571 g/mol. The lowest BCUT2D eigenvalue weighted by Crippen LogP contribution is -2.12. The fourth-order valence-corrected chi connectivity index (χ4v) is 6.08. The van der Waals surface area contributed by atoms with Crippen LogP contribution < -0.4 is 10.1 Å². The summed E-state index contributed by atoms with van der Waals surface area (Å²) >= 11 is 7.88. The number of rotatable bonds is 8. The summed E-state index contributed by atoms with van der Waals surface area (Å²) < 4.78 is 6.16. The van der Waals surface area contributed by atoms with Gasteiger partial charge in [0.2, 0.25) is 5.88 Å². The molecule has 2 N–H and O–H groups in total. The Morgan fingerprint density at radius 3 is 2.77 bits per heavy atom. The molecule has 40 heavy (non-hydrogen) atoms. The van der Waals surface area contributed by atoms with Crippen LogP contribution in [0.25, 0.3) is 11.0 Å². The van der Waals surface area contributed by atoms with E-state index >= 15 is 0 Å². The summed E-state index contributed by atoms with van der Waals surface area (Å²) in [4.78, 5) is 26.0. The van der Waals surface area contributed by atoms with Gasteiger partial charge < -0.3 is 10.1 Å². The highest BCUT2D eigenvalue weighted by Gasteiger charge is 2.20. The fraction of sp³-hybridized carbons (Fsp3) is 0.233. The number of fused-ring (bicyclic) bond motifs is 1. The van der Waals surface area contributed by atoms with Crippen LogP contribution in [0.2, 0.25) is 5.02 Å². The SMILES string of the molecule is O=C(Nc1ccc(Oc2ccc(Cl)cc2C2CCCCC2)nc1)c1cccc(CSc2ncnc3[nH]ncc23)c1. The number of thioether (sulfide) groups is 1. The van der Waals surface area contributed by atoms with E-state index in [2.05, 4.69) is 30.5 Å². The molecule has 0 bridgehead atoms. The van der Waals surface area contributed by atoms with Gasteiger partial charge in [-0.3, -0.25) is 9.89 Å². The van der Waals surface area contributed by atoms with Crippen LogP contribution in [0.3, 0.4) is 0 Å². The van der Waals surface area contributed by atoms with Crippen LogP contribution >= 0.6 is 23.4 Å². The van der Waals surface area contributed by atoms with Crippen molar-refractivity contribution in [2.75, 3.05) is 5.32 Å². The number of ether oxygens (including phenoxy) is 1. The second-order valence-electron chi connectivity index (χ2n) is 9.76. The van der Waals surface area contributed by atoms with Gasteiger partial charge in [-0.25, -0.2) is 15.0 Å². The number of carbonyl (C=O) groups is 1. The molecular formula is C30H27ClN6O2S. The van der Waals surface area contributed by atoms with Crippen LogP contribution in [0.4, 0.5) is 5.69 Å². The summed E-state index contributed by atoms with van der Waals surface area (Å²) in [6.07, 6.45) is 10.9. The molecule has 1 fully saturated rings. The Balaban J connectivity index is 1.09. The summed E-state index contributed by atoms with van der Waals surface area (Å²) in [6, 6.07) is 16.9. The van der Waals surface area contributed by atoms with E-state index in [4.69, 9.17) is 16.3 Å². The van der Waals surface area contributed by atoms with Crippen molar-refractivity contribution in [3.8, 4) is 11.6 Å². The van der Waals surface area contributed by atoms with E-state index in [1.165, 1.54) is 25.6 Å². The molecule has 1 amide bonds. The van der Waals surface area contributed by atoms with Crippen molar-refractivity contribution in [3.05, 3.63) is 95.0 Å². The average Bonchev–Trinajstić information content (AvgIpc) is 3.48. The minimum atomic E-state index is -0.209. The maximum absolute atomic E-state index is 13.0. The number of nitrogens with zero attached hydrogens (tertiary/aromatic N) is 4. The van der Waals surface area contributed by atoms with Crippen LogP contribution in [-0.4, -0.2) is 31.1 Å². The number of halogens is 1. The van der Waals surface area contributed by atoms with Crippen LogP contribution in [0.15, 0.2) is 78.3 Å². The van der Waals surface area contributed by atoms with Crippen molar-refractivity contribution < 1.29 is 9.53 Å². The molecule has 0 aliphatic heterocycles. The van der Waals surface area contributed by atoms with Gasteiger partial charge in [0.05, 0.1) is 23.5 Å². The third-order valence-corrected chi connectivity index (χ3v) is 8.31. The minimum absolute atomic E-state index is 0.209. The maximum atomic E-state index is 13.0. The zero-order valence-electron chi connectivity index (χ0n) is 21.6. The summed E-state index contributed by atoms with van der Waals surface area (Å²) in [5.74, 6) is 2.14. The molecule has 2 aromatic carbocycles. The standard InChI is InChI=1S/C30H27ClN6O2S/c31-22-9-11-26(24(14-22)20-6-2-1-3-7-20)39-27-12-10-23(15-32-27)36-29(38)21-8-4-5-19(13-21)17-40-30-25-16-35-37-28(25)33-18-34-30/h4-5,8-16,18,20H,1-3,6-7,17H2,(H,36,38)(H,33,34,35,37). The van der Waals surface area contributed by atoms with Gasteiger partial charge in [-0.05, 0) is 66.3 Å². The van der Waals surface area contributed by atoms with Crippen LogP contribution in [0, 0.1) is 0 Å². The van der Waals surface area contributed by atoms with Gasteiger partial charge in [-0.1, -0.05) is 43.0 Å². The van der Waals surface area contributed by atoms with E-state index in [1.54, 1.807) is 42.4 Å². The molecule has 6 rings (SSSR count). The van der Waals surface area contributed by atoms with Gasteiger partial charge in [-0.15, -0.1) is 11.8 Å². The lowest BCUT2D eigenvalue weighted by Gasteiger charge is -2.24. The topological polar surface area (TPSA) is 106 Å². The molecule has 202 valence electrons. The molecule has 10 heteroatoms. The molecule has 0 radical (unpaired) electrons. The van der Waals surface area contributed by atoms with Gasteiger partial charge in [0.15, 0.2) is 5.65 Å². The molecule has 3 heterocycles. The number of anilines is 1. The molecule has 1 saturated carbocycles. The number of hydrogen-bond donors (Lipinski definition) is 2. The van der Waals surface area contributed by atoms with Crippen molar-refractivity contribution in [2.24, 2.45) is 0 Å². The Hall–Kier alpha value is -3.95. The maximum Gasteiger partial charge on any atom is 0.255 e. The molecule has 1 aliphatic carbocycles. The number of amides is 1. The molecule has 5 aromatic rings. The highest BCUT2D eigenvalue weighted by atomic mass is 35.5. The van der Waals surface area contributed by atoms with E-state index in [-0.39, 0.29) is 5.91 Å². The van der Waals surface area contributed by atoms with Crippen LogP contribution in [0.5, 0.6) is 11.6 Å². The molecular weight excluding hydrogens is 544 g/mol. The Kier molecular flexibility index (Phi) is 7.92. The quantitative estimate of drug-likeness (QED) is 0.145. The number of nitrogens with one attached hydrogen (secondary N) is 2. The number of H-pyrrole nitrogens is 1. The van der Waals surface area contributed by atoms with Gasteiger partial charge >= 0.3 is 0 Å². The lowest BCUT2D eigenvalue weighted by molar-refractivity contribution is 0.102. The Labute approximate surface area is 241 Å². The molecule has 1 aliphatic rings. The number of aromatic nitrogens is 5. The van der Waals surface area contributed by atoms with Crippen molar-refractivity contribution in [2.45, 2.75) is 48.8 Å². The molecule has 0 saturated heterocycles. The molecule has 0 atom stereocenters. The Morgan fingerprint density at radius 1 is 1.02 bits per heavy atom. The second kappa shape index (κ2) is 12.1. The zero-order valence-corrected chi connectivity index (χ0v) is 23.2. The van der Waals surface area contributed by atoms with E-state index in [0.717, 1.165) is 40.1 Å². The number of aromatic amines is 1. The summed E-state index contributed by atoms with van der Waals surface area (Å²) in [6.45, 7) is 0. The first kappa shape index (κ1) is 26.3. The van der Waals surface area contributed by atoms with E-state index < -0.39 is 0 Å². The molecule has 0 spiro atoms. The van der Waals surface area contributed by atoms with Crippen LogP contribution in [0.1, 0.15) is 59.5 Å². The fourth-order valence-electron chi connectivity index (χ4n) is 4.99. The van der Waals surface area contributed by atoms with E-state index in [9.17, 15) is 4.79 Å². The summed E-state index contributed by atoms with van der Waals surface area (Å²) in [5.41, 5.74) is 4.00. The first-order valence-electron chi connectivity index (χ1n) is 13.2. The van der Waals surface area contributed by atoms with Crippen molar-refractivity contribution in [3.63, 3.8) is 0 Å². The zero-order chi connectivity index (χ0) is 27.3. The normalized spacial score (nSPS) is 13.8. The number of pyridine rings is 1. The third-order valence-electron chi connectivity index (χ3n) is 7.00. The van der Waals surface area contributed by atoms with Gasteiger partial charge in [0.25, 0.3) is 5.91 Å². The second-order valence-corrected chi connectivity index (χ2v) is 11.2. The van der Waals surface area contributed by atoms with Crippen LogP contribution in [-0.2, 0) is 5.75 Å². The van der Waals surface area contributed by atoms with Crippen molar-refractivity contribution >= 4 is 46.0 Å². The van der Waals surface area contributed by atoms with Gasteiger partial charge in [-0.2, -0.15) is 5.10 Å². The highest BCUT2D eigenvalue weighted by molar-refractivity contribution is 7.98. The predicted octanol–water partition coefficient (Wildman–Crippen LogP) is 7.79. The lowest BCUT2D eigenvalue weighted by atomic mass is 9.84. The van der Waals surface area contributed by atoms with E-state index in [0.29, 0.717) is 39.5 Å². The Bertz CT molecular complexity index is 1640. The largest absolute Gasteiger partial charge is 0.439 e. The van der Waals surface area contributed by atoms with Gasteiger partial charge in [0.1, 0.15) is 17.1 Å². The van der Waals surface area contributed by atoms with E-state index in [1.807, 2.05) is 36.4 Å².